The topological polar surface area (TPSA) is 35.5 Å². The number of hydrogen-bond acceptors (Lipinski definition) is 3. The summed E-state index contributed by atoms with van der Waals surface area (Å²) < 4.78 is 9.83. The fourth-order valence-electron chi connectivity index (χ4n) is 1.19. The molecule has 1 unspecified atom stereocenters. The average Bonchev–Trinajstić information content (AvgIpc) is 2.35. The highest BCUT2D eigenvalue weighted by molar-refractivity contribution is 5.74. The molecule has 1 atom stereocenters. The average molecular weight is 220 g/mol. The van der Waals surface area contributed by atoms with Crippen molar-refractivity contribution in [1.82, 2.24) is 0 Å². The van der Waals surface area contributed by atoms with Crippen molar-refractivity contribution in [3.8, 4) is 0 Å². The van der Waals surface area contributed by atoms with Gasteiger partial charge in [0.15, 0.2) is 6.10 Å². The van der Waals surface area contributed by atoms with Gasteiger partial charge in [-0.3, -0.25) is 0 Å². The summed E-state index contributed by atoms with van der Waals surface area (Å²) in [6.07, 6.45) is 1.00. The van der Waals surface area contributed by atoms with Gasteiger partial charge in [-0.2, -0.15) is 0 Å². The molecule has 3 nitrogen and oxygen atoms in total. The van der Waals surface area contributed by atoms with E-state index in [4.69, 9.17) is 4.74 Å². The molecule has 1 aromatic carbocycles. The molecular formula is C13H16O3. The number of carbonyl (C=O) groups excluding carboxylic acids is 1. The summed E-state index contributed by atoms with van der Waals surface area (Å²) in [7, 11) is 1.34. The maximum atomic E-state index is 11.1. The lowest BCUT2D eigenvalue weighted by atomic mass is 10.1. The molecule has 0 bridgehead atoms. The fourth-order valence-corrected chi connectivity index (χ4v) is 1.19. The zero-order valence-electron chi connectivity index (χ0n) is 9.77. The van der Waals surface area contributed by atoms with Crippen molar-refractivity contribution in [2.75, 3.05) is 7.11 Å². The number of methoxy groups -OCH3 is 1. The van der Waals surface area contributed by atoms with E-state index in [2.05, 4.69) is 4.74 Å². The summed E-state index contributed by atoms with van der Waals surface area (Å²) in [5, 5.41) is 0. The summed E-state index contributed by atoms with van der Waals surface area (Å²) in [4.78, 5) is 11.1. The molecule has 0 N–H and O–H groups in total. The number of carbonyl (C=O) groups is 1. The fraction of sp³-hybridized carbons (Fsp3) is 0.308. The molecular weight excluding hydrogens is 204 g/mol. The third kappa shape index (κ3) is 3.42. The van der Waals surface area contributed by atoms with Crippen molar-refractivity contribution in [2.24, 2.45) is 0 Å². The van der Waals surface area contributed by atoms with Crippen LogP contribution >= 0.6 is 0 Å². The van der Waals surface area contributed by atoms with E-state index >= 15 is 0 Å². The molecule has 0 aliphatic carbocycles. The van der Waals surface area contributed by atoms with Gasteiger partial charge >= 0.3 is 5.97 Å². The van der Waals surface area contributed by atoms with E-state index in [-0.39, 0.29) is 5.97 Å². The molecule has 0 radical (unpaired) electrons. The lowest BCUT2D eigenvalue weighted by molar-refractivity contribution is -0.149. The number of esters is 1. The first-order valence-electron chi connectivity index (χ1n) is 5.10. The summed E-state index contributed by atoms with van der Waals surface area (Å²) in [5.41, 5.74) is 2.04. The van der Waals surface area contributed by atoms with Gasteiger partial charge in [-0.1, -0.05) is 30.3 Å². The molecule has 1 aromatic rings. The predicted molar refractivity (Wildman–Crippen MR) is 62.7 cm³/mol. The van der Waals surface area contributed by atoms with Crippen LogP contribution in [-0.4, -0.2) is 19.2 Å². The predicted octanol–water partition coefficient (Wildman–Crippen LogP) is 2.63. The van der Waals surface area contributed by atoms with Crippen LogP contribution in [-0.2, 0) is 14.3 Å². The number of allylic oxidation sites excluding steroid dienone is 1. The molecule has 0 aromatic heterocycles. The molecule has 0 aliphatic rings. The molecule has 0 aliphatic heterocycles. The van der Waals surface area contributed by atoms with Gasteiger partial charge in [-0.15, -0.1) is 0 Å². The van der Waals surface area contributed by atoms with Crippen LogP contribution in [0, 0.1) is 0 Å². The second-order valence-electron chi connectivity index (χ2n) is 3.47. The number of hydrogen-bond donors (Lipinski definition) is 0. The third-order valence-electron chi connectivity index (χ3n) is 2.21. The lowest BCUT2D eigenvalue weighted by Gasteiger charge is -2.09. The van der Waals surface area contributed by atoms with Gasteiger partial charge in [0.05, 0.1) is 13.4 Å². The largest absolute Gasteiger partial charge is 0.486 e. The van der Waals surface area contributed by atoms with Gasteiger partial charge in [-0.05, 0) is 25.0 Å². The molecule has 1 rings (SSSR count). The van der Waals surface area contributed by atoms with Crippen LogP contribution < -0.4 is 0 Å². The van der Waals surface area contributed by atoms with Crippen LogP contribution in [0.1, 0.15) is 19.4 Å². The van der Waals surface area contributed by atoms with Crippen LogP contribution in [0.4, 0.5) is 0 Å². The van der Waals surface area contributed by atoms with Crippen LogP contribution in [0.3, 0.4) is 0 Å². The Balaban J connectivity index is 2.62. The Labute approximate surface area is 95.7 Å². The Morgan fingerprint density at radius 3 is 2.50 bits per heavy atom. The van der Waals surface area contributed by atoms with Crippen molar-refractivity contribution in [3.63, 3.8) is 0 Å². The van der Waals surface area contributed by atoms with Crippen molar-refractivity contribution >= 4 is 11.5 Å². The van der Waals surface area contributed by atoms with Crippen LogP contribution in [0.2, 0.25) is 0 Å². The molecule has 86 valence electrons. The van der Waals surface area contributed by atoms with E-state index in [1.54, 1.807) is 13.2 Å². The zero-order chi connectivity index (χ0) is 12.0. The Morgan fingerprint density at radius 1 is 1.31 bits per heavy atom. The minimum absolute atomic E-state index is 0.378. The van der Waals surface area contributed by atoms with Crippen LogP contribution in [0.5, 0.6) is 0 Å². The molecule has 16 heavy (non-hydrogen) atoms. The molecule has 0 saturated heterocycles. The smallest absolute Gasteiger partial charge is 0.346 e. The van der Waals surface area contributed by atoms with Gasteiger partial charge < -0.3 is 9.47 Å². The highest BCUT2D eigenvalue weighted by Crippen LogP contribution is 2.13. The van der Waals surface area contributed by atoms with E-state index in [1.807, 2.05) is 37.3 Å². The maximum absolute atomic E-state index is 11.1. The third-order valence-corrected chi connectivity index (χ3v) is 2.21. The minimum atomic E-state index is -0.580. The lowest BCUT2D eigenvalue weighted by Crippen LogP contribution is -2.19. The van der Waals surface area contributed by atoms with E-state index in [9.17, 15) is 4.79 Å². The second kappa shape index (κ2) is 5.95. The van der Waals surface area contributed by atoms with Gasteiger partial charge in [-0.25, -0.2) is 4.79 Å². The van der Waals surface area contributed by atoms with Crippen molar-refractivity contribution in [2.45, 2.75) is 20.0 Å². The highest BCUT2D eigenvalue weighted by atomic mass is 16.6. The monoisotopic (exact) mass is 220 g/mol. The van der Waals surface area contributed by atoms with Gasteiger partial charge in [0, 0.05) is 0 Å². The summed E-state index contributed by atoms with van der Waals surface area (Å²) >= 11 is 0. The second-order valence-corrected chi connectivity index (χ2v) is 3.47. The first-order chi connectivity index (χ1) is 7.65. The van der Waals surface area contributed by atoms with E-state index in [0.717, 1.165) is 11.1 Å². The standard InChI is InChI=1S/C13H16O3/c1-10(12-7-5-4-6-8-12)9-16-11(2)13(14)15-3/h4-9,11H,1-3H3. The highest BCUT2D eigenvalue weighted by Gasteiger charge is 2.12. The Bertz CT molecular complexity index is 368. The summed E-state index contributed by atoms with van der Waals surface area (Å²) in [6.45, 7) is 3.58. The molecule has 0 heterocycles. The molecule has 0 fully saturated rings. The van der Waals surface area contributed by atoms with Crippen LogP contribution in [0.25, 0.3) is 5.57 Å². The van der Waals surface area contributed by atoms with Crippen LogP contribution in [0.15, 0.2) is 36.6 Å². The normalized spacial score (nSPS) is 13.1. The van der Waals surface area contributed by atoms with Gasteiger partial charge in [0.1, 0.15) is 0 Å². The molecule has 3 heteroatoms. The maximum Gasteiger partial charge on any atom is 0.346 e. The van der Waals surface area contributed by atoms with Crippen molar-refractivity contribution in [1.29, 1.82) is 0 Å². The quantitative estimate of drug-likeness (QED) is 0.578. The van der Waals surface area contributed by atoms with E-state index < -0.39 is 6.10 Å². The molecule has 0 amide bonds. The SMILES string of the molecule is COC(=O)C(C)OC=C(C)c1ccccc1. The van der Waals surface area contributed by atoms with Gasteiger partial charge in [0.2, 0.25) is 0 Å². The van der Waals surface area contributed by atoms with Crippen molar-refractivity contribution in [3.05, 3.63) is 42.2 Å². The number of rotatable bonds is 4. The van der Waals surface area contributed by atoms with Crippen molar-refractivity contribution < 1.29 is 14.3 Å². The minimum Gasteiger partial charge on any atom is -0.486 e. The van der Waals surface area contributed by atoms with E-state index in [0.29, 0.717) is 0 Å². The first-order valence-corrected chi connectivity index (χ1v) is 5.10. The Kier molecular flexibility index (Phi) is 4.58. The van der Waals surface area contributed by atoms with Gasteiger partial charge in [0.25, 0.3) is 0 Å². The molecule has 0 saturated carbocycles. The number of ether oxygens (including phenoxy) is 2. The Hall–Kier alpha value is -1.77. The first kappa shape index (κ1) is 12.3. The summed E-state index contributed by atoms with van der Waals surface area (Å²) in [6, 6.07) is 9.83. The molecule has 0 spiro atoms. The zero-order valence-corrected chi connectivity index (χ0v) is 9.77. The van der Waals surface area contributed by atoms with E-state index in [1.165, 1.54) is 7.11 Å². The number of benzene rings is 1. The summed E-state index contributed by atoms with van der Waals surface area (Å²) in [5.74, 6) is -0.378. The Morgan fingerprint density at radius 2 is 1.94 bits per heavy atom.